The number of piperazine rings is 1. The van der Waals surface area contributed by atoms with Gasteiger partial charge < -0.3 is 19.3 Å². The summed E-state index contributed by atoms with van der Waals surface area (Å²) in [4.78, 5) is 23.8. The molecule has 1 saturated heterocycles. The van der Waals surface area contributed by atoms with Gasteiger partial charge in [0.1, 0.15) is 5.82 Å². The van der Waals surface area contributed by atoms with Gasteiger partial charge >= 0.3 is 0 Å². The second kappa shape index (κ2) is 8.06. The summed E-state index contributed by atoms with van der Waals surface area (Å²) in [6.07, 6.45) is 2.66. The van der Waals surface area contributed by atoms with Gasteiger partial charge in [-0.25, -0.2) is 4.98 Å². The molecule has 7 heteroatoms. The molecule has 2 aliphatic heterocycles. The van der Waals surface area contributed by atoms with Gasteiger partial charge in [-0.2, -0.15) is 0 Å². The van der Waals surface area contributed by atoms with Gasteiger partial charge in [0.25, 0.3) is 0 Å². The van der Waals surface area contributed by atoms with Crippen LogP contribution >= 0.6 is 0 Å². The van der Waals surface area contributed by atoms with Crippen molar-refractivity contribution in [1.82, 2.24) is 9.88 Å². The Hall–Kier alpha value is -2.80. The van der Waals surface area contributed by atoms with Crippen molar-refractivity contribution in [3.63, 3.8) is 0 Å². The number of amides is 1. The largest absolute Gasteiger partial charge is 0.493 e. The van der Waals surface area contributed by atoms with Crippen LogP contribution in [0.4, 0.5) is 11.5 Å². The highest BCUT2D eigenvalue weighted by Gasteiger charge is 2.29. The minimum Gasteiger partial charge on any atom is -0.493 e. The molecule has 7 nitrogen and oxygen atoms in total. The maximum Gasteiger partial charge on any atom is 0.241 e. The van der Waals surface area contributed by atoms with Crippen LogP contribution in [0.25, 0.3) is 0 Å². The Kier molecular flexibility index (Phi) is 5.34. The van der Waals surface area contributed by atoms with Gasteiger partial charge in [0, 0.05) is 45.0 Å². The Morgan fingerprint density at radius 1 is 1.04 bits per heavy atom. The Morgan fingerprint density at radius 3 is 2.46 bits per heavy atom. The lowest BCUT2D eigenvalue weighted by Gasteiger charge is -2.35. The number of nitrogens with zero attached hydrogens (tertiary/aromatic N) is 4. The van der Waals surface area contributed by atoms with E-state index in [1.165, 1.54) is 0 Å². The molecule has 1 fully saturated rings. The first kappa shape index (κ1) is 18.6. The van der Waals surface area contributed by atoms with Gasteiger partial charge in [0.05, 0.1) is 26.5 Å². The second-order valence-corrected chi connectivity index (χ2v) is 7.08. The molecule has 0 bridgehead atoms. The van der Waals surface area contributed by atoms with Gasteiger partial charge in [0.15, 0.2) is 11.5 Å². The summed E-state index contributed by atoms with van der Waals surface area (Å²) in [5, 5.41) is 0. The zero-order valence-electron chi connectivity index (χ0n) is 16.4. The Bertz CT molecular complexity index is 835. The molecule has 0 spiro atoms. The highest BCUT2D eigenvalue weighted by molar-refractivity contribution is 5.97. The summed E-state index contributed by atoms with van der Waals surface area (Å²) in [6.45, 7) is 4.62. The molecule has 0 radical (unpaired) electrons. The molecule has 1 aromatic heterocycles. The SMILES string of the molecule is COc1cc2c(cc1OC)N(C(=O)CN1CCN(c3ccccn3)CC1)CC2. The monoisotopic (exact) mass is 382 g/mol. The van der Waals surface area contributed by atoms with E-state index in [9.17, 15) is 4.79 Å². The average molecular weight is 382 g/mol. The third-order valence-corrected chi connectivity index (χ3v) is 5.49. The van der Waals surface area contributed by atoms with Gasteiger partial charge in [-0.3, -0.25) is 9.69 Å². The molecular weight excluding hydrogens is 356 g/mol. The van der Waals surface area contributed by atoms with Crippen molar-refractivity contribution < 1.29 is 14.3 Å². The zero-order chi connectivity index (χ0) is 19.5. The third-order valence-electron chi connectivity index (χ3n) is 5.49. The molecule has 28 heavy (non-hydrogen) atoms. The number of aromatic nitrogens is 1. The maximum atomic E-state index is 13.0. The molecule has 148 valence electrons. The number of fused-ring (bicyclic) bond motifs is 1. The summed E-state index contributed by atoms with van der Waals surface area (Å²) in [7, 11) is 3.25. The molecule has 0 N–H and O–H groups in total. The first-order chi connectivity index (χ1) is 13.7. The van der Waals surface area contributed by atoms with Crippen molar-refractivity contribution in [2.45, 2.75) is 6.42 Å². The van der Waals surface area contributed by atoms with E-state index in [0.717, 1.165) is 49.7 Å². The predicted octanol–water partition coefficient (Wildman–Crippen LogP) is 1.81. The van der Waals surface area contributed by atoms with E-state index in [4.69, 9.17) is 9.47 Å². The smallest absolute Gasteiger partial charge is 0.241 e. The lowest BCUT2D eigenvalue weighted by molar-refractivity contribution is -0.119. The van der Waals surface area contributed by atoms with Crippen LogP contribution in [0.1, 0.15) is 5.56 Å². The minimum absolute atomic E-state index is 0.136. The number of benzene rings is 1. The molecule has 2 aliphatic rings. The van der Waals surface area contributed by atoms with E-state index in [2.05, 4.69) is 14.8 Å². The fourth-order valence-electron chi connectivity index (χ4n) is 3.93. The molecule has 0 saturated carbocycles. The van der Waals surface area contributed by atoms with E-state index in [0.29, 0.717) is 24.6 Å². The van der Waals surface area contributed by atoms with Crippen molar-refractivity contribution in [3.05, 3.63) is 42.1 Å². The first-order valence-corrected chi connectivity index (χ1v) is 9.63. The van der Waals surface area contributed by atoms with Crippen LogP contribution < -0.4 is 19.3 Å². The quantitative estimate of drug-likeness (QED) is 0.786. The van der Waals surface area contributed by atoms with Gasteiger partial charge in [0.2, 0.25) is 5.91 Å². The summed E-state index contributed by atoms with van der Waals surface area (Å²) < 4.78 is 10.8. The van der Waals surface area contributed by atoms with Crippen molar-refractivity contribution in [1.29, 1.82) is 0 Å². The number of pyridine rings is 1. The van der Waals surface area contributed by atoms with Crippen LogP contribution in [0.3, 0.4) is 0 Å². The van der Waals surface area contributed by atoms with Crippen LogP contribution in [0.2, 0.25) is 0 Å². The van der Waals surface area contributed by atoms with Crippen molar-refractivity contribution in [3.8, 4) is 11.5 Å². The first-order valence-electron chi connectivity index (χ1n) is 9.63. The molecule has 0 unspecified atom stereocenters. The zero-order valence-corrected chi connectivity index (χ0v) is 16.4. The van der Waals surface area contributed by atoms with Crippen LogP contribution in [0.5, 0.6) is 11.5 Å². The summed E-state index contributed by atoms with van der Waals surface area (Å²) in [6, 6.07) is 9.86. The topological polar surface area (TPSA) is 58.1 Å². The summed E-state index contributed by atoms with van der Waals surface area (Å²) in [5.74, 6) is 2.51. The molecule has 4 rings (SSSR count). The number of carbonyl (C=O) groups is 1. The van der Waals surface area contributed by atoms with Crippen molar-refractivity contribution in [2.24, 2.45) is 0 Å². The van der Waals surface area contributed by atoms with E-state index >= 15 is 0 Å². The maximum absolute atomic E-state index is 13.0. The number of ether oxygens (including phenoxy) is 2. The average Bonchev–Trinajstić information content (AvgIpc) is 3.16. The van der Waals surface area contributed by atoms with Gasteiger partial charge in [-0.15, -0.1) is 0 Å². The standard InChI is InChI=1S/C21H26N4O3/c1-27-18-13-16-6-8-25(17(16)14-19(18)28-2)21(26)15-23-9-11-24(12-10-23)20-5-3-4-7-22-20/h3-5,7,13-14H,6,8-12,15H2,1-2H3. The van der Waals surface area contributed by atoms with Crippen molar-refractivity contribution >= 4 is 17.4 Å². The van der Waals surface area contributed by atoms with Gasteiger partial charge in [-0.1, -0.05) is 6.07 Å². The minimum atomic E-state index is 0.136. The number of hydrogen-bond donors (Lipinski definition) is 0. The number of methoxy groups -OCH3 is 2. The summed E-state index contributed by atoms with van der Waals surface area (Å²) >= 11 is 0. The van der Waals surface area contributed by atoms with E-state index in [-0.39, 0.29) is 5.91 Å². The molecule has 1 aromatic carbocycles. The van der Waals surface area contributed by atoms with E-state index in [1.807, 2.05) is 41.4 Å². The summed E-state index contributed by atoms with van der Waals surface area (Å²) in [5.41, 5.74) is 2.07. The second-order valence-electron chi connectivity index (χ2n) is 7.08. The van der Waals surface area contributed by atoms with Crippen LogP contribution in [-0.4, -0.2) is 69.3 Å². The number of rotatable bonds is 5. The van der Waals surface area contributed by atoms with E-state index < -0.39 is 0 Å². The third kappa shape index (κ3) is 3.62. The van der Waals surface area contributed by atoms with E-state index in [1.54, 1.807) is 14.2 Å². The number of anilines is 2. The van der Waals surface area contributed by atoms with Crippen LogP contribution in [0.15, 0.2) is 36.5 Å². The molecule has 0 aliphatic carbocycles. The molecular formula is C21H26N4O3. The predicted molar refractivity (Wildman–Crippen MR) is 108 cm³/mol. The fraction of sp³-hybridized carbons (Fsp3) is 0.429. The Balaban J connectivity index is 1.38. The molecule has 0 atom stereocenters. The normalized spacial score (nSPS) is 16.8. The number of carbonyl (C=O) groups excluding carboxylic acids is 1. The van der Waals surface area contributed by atoms with Crippen LogP contribution in [-0.2, 0) is 11.2 Å². The molecule has 3 heterocycles. The highest BCUT2D eigenvalue weighted by atomic mass is 16.5. The fourth-order valence-corrected chi connectivity index (χ4v) is 3.93. The molecule has 1 amide bonds. The molecule has 2 aromatic rings. The lowest BCUT2D eigenvalue weighted by Crippen LogP contribution is -2.50. The highest BCUT2D eigenvalue weighted by Crippen LogP contribution is 2.38. The van der Waals surface area contributed by atoms with Crippen LogP contribution in [0, 0.1) is 0 Å². The Labute approximate surface area is 165 Å². The van der Waals surface area contributed by atoms with Crippen molar-refractivity contribution in [2.75, 3.05) is 63.3 Å². The lowest BCUT2D eigenvalue weighted by atomic mass is 10.1. The number of hydrogen-bond acceptors (Lipinski definition) is 6. The van der Waals surface area contributed by atoms with Gasteiger partial charge in [-0.05, 0) is 30.2 Å². The Morgan fingerprint density at radius 2 is 1.79 bits per heavy atom.